The molecule has 4 nitrogen and oxygen atoms in total. The molecule has 0 aromatic rings. The Morgan fingerprint density at radius 1 is 0.444 bits per heavy atom. The average molecular weight is 443 g/mol. The van der Waals surface area contributed by atoms with E-state index in [-0.39, 0.29) is 12.4 Å². The van der Waals surface area contributed by atoms with Gasteiger partial charge in [0.2, 0.25) is 0 Å². The van der Waals surface area contributed by atoms with Gasteiger partial charge in [0.05, 0.1) is 0 Å². The van der Waals surface area contributed by atoms with Crippen LogP contribution in [0.5, 0.6) is 0 Å². The fourth-order valence-electron chi connectivity index (χ4n) is 2.80. The third-order valence-electron chi connectivity index (χ3n) is 4.42. The SMILES string of the molecule is Cl.NCCCCCCCCNCCSSCCNCCCCCCCCN. The highest BCUT2D eigenvalue weighted by Gasteiger charge is 1.94. The quantitative estimate of drug-likeness (QED) is 0.137. The summed E-state index contributed by atoms with van der Waals surface area (Å²) in [6, 6.07) is 0. The van der Waals surface area contributed by atoms with E-state index in [1.54, 1.807) is 0 Å². The summed E-state index contributed by atoms with van der Waals surface area (Å²) < 4.78 is 0. The van der Waals surface area contributed by atoms with Crippen LogP contribution >= 0.6 is 34.0 Å². The minimum absolute atomic E-state index is 0. The Bertz CT molecular complexity index is 228. The highest BCUT2D eigenvalue weighted by atomic mass is 35.5. The lowest BCUT2D eigenvalue weighted by atomic mass is 10.1. The molecule has 0 rings (SSSR count). The summed E-state index contributed by atoms with van der Waals surface area (Å²) in [5.41, 5.74) is 11.0. The molecule has 0 saturated heterocycles. The molecule has 0 aromatic heterocycles. The summed E-state index contributed by atoms with van der Waals surface area (Å²) in [5.74, 6) is 2.42. The largest absolute Gasteiger partial charge is 0.330 e. The van der Waals surface area contributed by atoms with Gasteiger partial charge in [0.15, 0.2) is 0 Å². The Balaban J connectivity index is 0. The molecule has 166 valence electrons. The smallest absolute Gasteiger partial charge is 0.0162 e. The van der Waals surface area contributed by atoms with Crippen LogP contribution in [-0.4, -0.2) is 50.8 Å². The normalized spacial score (nSPS) is 10.9. The fraction of sp³-hybridized carbons (Fsp3) is 1.00. The summed E-state index contributed by atoms with van der Waals surface area (Å²) in [4.78, 5) is 0. The lowest BCUT2D eigenvalue weighted by Crippen LogP contribution is -2.19. The van der Waals surface area contributed by atoms with Crippen LogP contribution in [0.25, 0.3) is 0 Å². The molecule has 0 aliphatic rings. The summed E-state index contributed by atoms with van der Waals surface area (Å²) in [6.45, 7) is 6.34. The van der Waals surface area contributed by atoms with E-state index >= 15 is 0 Å². The van der Waals surface area contributed by atoms with Crippen molar-refractivity contribution in [2.75, 3.05) is 50.8 Å². The Morgan fingerprint density at radius 2 is 0.778 bits per heavy atom. The zero-order chi connectivity index (χ0) is 19.0. The maximum atomic E-state index is 5.50. The van der Waals surface area contributed by atoms with E-state index in [4.69, 9.17) is 11.5 Å². The summed E-state index contributed by atoms with van der Waals surface area (Å²) >= 11 is 0. The molecule has 7 heteroatoms. The highest BCUT2D eigenvalue weighted by Crippen LogP contribution is 2.19. The molecule has 0 heterocycles. The van der Waals surface area contributed by atoms with Crippen LogP contribution in [0.4, 0.5) is 0 Å². The number of rotatable bonds is 23. The summed E-state index contributed by atoms with van der Waals surface area (Å²) in [6.07, 6.45) is 15.8. The van der Waals surface area contributed by atoms with Crippen molar-refractivity contribution >= 4 is 34.0 Å². The van der Waals surface area contributed by atoms with E-state index in [2.05, 4.69) is 10.6 Å². The molecule has 0 bridgehead atoms. The van der Waals surface area contributed by atoms with Gasteiger partial charge in [0.1, 0.15) is 0 Å². The van der Waals surface area contributed by atoms with Crippen LogP contribution in [0.15, 0.2) is 0 Å². The van der Waals surface area contributed by atoms with Crippen molar-refractivity contribution in [3.63, 3.8) is 0 Å². The second-order valence-corrected chi connectivity index (χ2v) is 9.67. The summed E-state index contributed by atoms with van der Waals surface area (Å²) in [5, 5.41) is 7.11. The average Bonchev–Trinajstić information content (AvgIpc) is 2.66. The maximum Gasteiger partial charge on any atom is 0.0162 e. The zero-order valence-electron chi connectivity index (χ0n) is 17.5. The van der Waals surface area contributed by atoms with Crippen LogP contribution in [0.1, 0.15) is 77.0 Å². The molecule has 0 aliphatic heterocycles. The van der Waals surface area contributed by atoms with Crippen molar-refractivity contribution in [3.05, 3.63) is 0 Å². The number of unbranched alkanes of at least 4 members (excludes halogenated alkanes) is 10. The number of nitrogens with two attached hydrogens (primary N) is 2. The van der Waals surface area contributed by atoms with Gasteiger partial charge in [-0.25, -0.2) is 0 Å². The maximum absolute atomic E-state index is 5.50. The first-order valence-corrected chi connectivity index (χ1v) is 13.5. The van der Waals surface area contributed by atoms with E-state index in [9.17, 15) is 0 Å². The second kappa shape index (κ2) is 29.0. The molecule has 0 fully saturated rings. The predicted molar refractivity (Wildman–Crippen MR) is 131 cm³/mol. The van der Waals surface area contributed by atoms with E-state index in [0.29, 0.717) is 0 Å². The summed E-state index contributed by atoms with van der Waals surface area (Å²) in [7, 11) is 4.00. The lowest BCUT2D eigenvalue weighted by Gasteiger charge is -2.06. The topological polar surface area (TPSA) is 76.1 Å². The van der Waals surface area contributed by atoms with Gasteiger partial charge in [-0.15, -0.1) is 12.4 Å². The second-order valence-electron chi connectivity index (χ2n) is 6.96. The third kappa shape index (κ3) is 29.1. The van der Waals surface area contributed by atoms with Crippen molar-refractivity contribution in [3.8, 4) is 0 Å². The third-order valence-corrected chi connectivity index (χ3v) is 6.83. The minimum Gasteiger partial charge on any atom is -0.330 e. The predicted octanol–water partition coefficient (Wildman–Crippen LogP) is 4.57. The number of nitrogens with one attached hydrogen (secondary N) is 2. The minimum atomic E-state index is 0. The molecule has 27 heavy (non-hydrogen) atoms. The van der Waals surface area contributed by atoms with Gasteiger partial charge in [0.25, 0.3) is 0 Å². The zero-order valence-corrected chi connectivity index (χ0v) is 20.0. The molecule has 0 radical (unpaired) electrons. The first-order chi connectivity index (χ1) is 12.9. The van der Waals surface area contributed by atoms with Crippen molar-refractivity contribution in [1.29, 1.82) is 0 Å². The van der Waals surface area contributed by atoms with Crippen LogP contribution in [0.3, 0.4) is 0 Å². The molecular formula is C20H47ClN4S2. The van der Waals surface area contributed by atoms with Gasteiger partial charge in [-0.05, 0) is 51.9 Å². The van der Waals surface area contributed by atoms with E-state index in [1.165, 1.54) is 102 Å². The van der Waals surface area contributed by atoms with Crippen LogP contribution in [0, 0.1) is 0 Å². The Hall–Kier alpha value is 0.830. The molecule has 0 atom stereocenters. The molecule has 0 unspecified atom stereocenters. The van der Waals surface area contributed by atoms with Gasteiger partial charge in [-0.3, -0.25) is 0 Å². The molecule has 0 spiro atoms. The number of halogens is 1. The van der Waals surface area contributed by atoms with Crippen molar-refractivity contribution in [2.45, 2.75) is 77.0 Å². The Labute approximate surface area is 183 Å². The molecule has 6 N–H and O–H groups in total. The van der Waals surface area contributed by atoms with Crippen molar-refractivity contribution in [1.82, 2.24) is 10.6 Å². The van der Waals surface area contributed by atoms with Crippen LogP contribution in [0.2, 0.25) is 0 Å². The highest BCUT2D eigenvalue weighted by molar-refractivity contribution is 8.76. The molecule has 0 saturated carbocycles. The Morgan fingerprint density at radius 3 is 1.15 bits per heavy atom. The van der Waals surface area contributed by atoms with Crippen LogP contribution in [-0.2, 0) is 0 Å². The van der Waals surface area contributed by atoms with Gasteiger partial charge >= 0.3 is 0 Å². The van der Waals surface area contributed by atoms with Crippen LogP contribution < -0.4 is 22.1 Å². The van der Waals surface area contributed by atoms with E-state index in [1.807, 2.05) is 21.6 Å². The number of hydrogen-bond acceptors (Lipinski definition) is 6. The van der Waals surface area contributed by atoms with Crippen molar-refractivity contribution < 1.29 is 0 Å². The monoisotopic (exact) mass is 442 g/mol. The van der Waals surface area contributed by atoms with Gasteiger partial charge < -0.3 is 22.1 Å². The van der Waals surface area contributed by atoms with Gasteiger partial charge in [-0.2, -0.15) is 0 Å². The first kappa shape index (κ1) is 30.0. The fourth-order valence-corrected chi connectivity index (χ4v) is 4.70. The molecular weight excluding hydrogens is 396 g/mol. The number of hydrogen-bond donors (Lipinski definition) is 4. The molecule has 0 aliphatic carbocycles. The first-order valence-electron chi connectivity index (χ1n) is 11.0. The Kier molecular flexibility index (Phi) is 32.3. The standard InChI is InChI=1S/C20H46N4S2.ClH/c21-13-9-5-1-3-7-11-15-23-17-19-25-26-20-18-24-16-12-8-4-2-6-10-14-22;/h23-24H,1-22H2;1H. The van der Waals surface area contributed by atoms with Gasteiger partial charge in [-0.1, -0.05) is 73.0 Å². The van der Waals surface area contributed by atoms with E-state index < -0.39 is 0 Å². The van der Waals surface area contributed by atoms with E-state index in [0.717, 1.165) is 26.2 Å². The van der Waals surface area contributed by atoms with Gasteiger partial charge in [0, 0.05) is 24.6 Å². The lowest BCUT2D eigenvalue weighted by molar-refractivity contribution is 0.575. The molecule has 0 amide bonds. The molecule has 0 aromatic carbocycles. The van der Waals surface area contributed by atoms with Crippen molar-refractivity contribution in [2.24, 2.45) is 11.5 Å².